The number of esters is 1. The van der Waals surface area contributed by atoms with Crippen LogP contribution in [0.15, 0.2) is 59.1 Å². The predicted molar refractivity (Wildman–Crippen MR) is 102 cm³/mol. The Balaban J connectivity index is 1.67. The van der Waals surface area contributed by atoms with E-state index in [1.807, 2.05) is 6.07 Å². The van der Waals surface area contributed by atoms with Crippen molar-refractivity contribution >= 4 is 17.1 Å². The molecule has 2 aromatic heterocycles. The summed E-state index contributed by atoms with van der Waals surface area (Å²) in [5, 5.41) is 13.2. The van der Waals surface area contributed by atoms with Crippen molar-refractivity contribution in [3.8, 4) is 17.3 Å². The number of aromatic nitrogens is 2. The van der Waals surface area contributed by atoms with E-state index in [4.69, 9.17) is 14.5 Å². The van der Waals surface area contributed by atoms with Crippen molar-refractivity contribution in [2.45, 2.75) is 13.5 Å². The number of carbonyl (C=O) groups excluding carboxylic acids is 1. The minimum Gasteiger partial charge on any atom is -0.457 e. The fourth-order valence-corrected chi connectivity index (χ4v) is 2.93. The van der Waals surface area contributed by atoms with Crippen LogP contribution in [0.3, 0.4) is 0 Å². The van der Waals surface area contributed by atoms with Gasteiger partial charge in [0, 0.05) is 5.56 Å². The molecule has 4 aromatic rings. The topological polar surface area (TPSA) is 89.0 Å². The second kappa shape index (κ2) is 7.52. The highest BCUT2D eigenvalue weighted by Crippen LogP contribution is 2.28. The van der Waals surface area contributed by atoms with Gasteiger partial charge in [-0.3, -0.25) is 0 Å². The number of pyridine rings is 1. The van der Waals surface area contributed by atoms with Crippen molar-refractivity contribution in [2.75, 3.05) is 0 Å². The van der Waals surface area contributed by atoms with Crippen LogP contribution in [0, 0.1) is 24.1 Å². The van der Waals surface area contributed by atoms with Gasteiger partial charge in [-0.25, -0.2) is 14.2 Å². The maximum absolute atomic E-state index is 13.2. The highest BCUT2D eigenvalue weighted by atomic mass is 19.1. The maximum atomic E-state index is 13.2. The van der Waals surface area contributed by atoms with Gasteiger partial charge in [-0.1, -0.05) is 17.3 Å². The van der Waals surface area contributed by atoms with Crippen molar-refractivity contribution in [2.24, 2.45) is 0 Å². The minimum absolute atomic E-state index is 0.0462. The van der Waals surface area contributed by atoms with Crippen LogP contribution in [0.1, 0.15) is 27.2 Å². The van der Waals surface area contributed by atoms with Crippen LogP contribution in [-0.4, -0.2) is 16.1 Å². The van der Waals surface area contributed by atoms with E-state index in [9.17, 15) is 9.18 Å². The van der Waals surface area contributed by atoms with Gasteiger partial charge in [0.1, 0.15) is 12.4 Å². The number of rotatable bonds is 4. The molecule has 0 aliphatic rings. The summed E-state index contributed by atoms with van der Waals surface area (Å²) in [6.07, 6.45) is 0. The Hall–Kier alpha value is -4.05. The molecule has 0 atom stereocenters. The van der Waals surface area contributed by atoms with Gasteiger partial charge < -0.3 is 9.26 Å². The Bertz CT molecular complexity index is 1240. The molecule has 0 fully saturated rings. The average Bonchev–Trinajstić information content (AvgIpc) is 3.13. The molecule has 0 unspecified atom stereocenters. The van der Waals surface area contributed by atoms with Gasteiger partial charge in [0.2, 0.25) is 0 Å². The fourth-order valence-electron chi connectivity index (χ4n) is 2.93. The Morgan fingerprint density at radius 3 is 2.59 bits per heavy atom. The summed E-state index contributed by atoms with van der Waals surface area (Å²) in [5.74, 6) is -0.927. The number of hydrogen-bond acceptors (Lipinski definition) is 6. The normalized spacial score (nSPS) is 10.7. The van der Waals surface area contributed by atoms with E-state index >= 15 is 0 Å². The molecule has 0 saturated heterocycles. The first-order chi connectivity index (χ1) is 14.0. The Morgan fingerprint density at radius 2 is 1.90 bits per heavy atom. The van der Waals surface area contributed by atoms with Gasteiger partial charge >= 0.3 is 5.97 Å². The molecule has 0 bridgehead atoms. The summed E-state index contributed by atoms with van der Waals surface area (Å²) in [6, 6.07) is 16.2. The summed E-state index contributed by atoms with van der Waals surface area (Å²) >= 11 is 0. The van der Waals surface area contributed by atoms with Crippen molar-refractivity contribution in [1.29, 1.82) is 5.26 Å². The zero-order valence-corrected chi connectivity index (χ0v) is 15.3. The molecule has 0 saturated carbocycles. The van der Waals surface area contributed by atoms with Gasteiger partial charge in [-0.15, -0.1) is 0 Å². The number of nitrogens with zero attached hydrogens (tertiary/aromatic N) is 3. The first-order valence-corrected chi connectivity index (χ1v) is 8.74. The van der Waals surface area contributed by atoms with Crippen molar-refractivity contribution in [1.82, 2.24) is 10.1 Å². The van der Waals surface area contributed by atoms with Crippen LogP contribution >= 0.6 is 0 Å². The Labute approximate surface area is 165 Å². The molecule has 2 heterocycles. The van der Waals surface area contributed by atoms with Crippen LogP contribution in [0.4, 0.5) is 4.39 Å². The third kappa shape index (κ3) is 3.69. The molecular formula is C22H14FN3O3. The van der Waals surface area contributed by atoms with Crippen LogP contribution in [-0.2, 0) is 11.3 Å². The third-order valence-corrected chi connectivity index (χ3v) is 4.43. The lowest BCUT2D eigenvalue weighted by Gasteiger charge is -2.08. The SMILES string of the molecule is Cc1noc2nc(-c3ccc(F)cc3)cc(C(=O)OCc3ccc(C#N)cc3)c12. The van der Waals surface area contributed by atoms with Crippen LogP contribution in [0.25, 0.3) is 22.4 Å². The molecule has 0 radical (unpaired) electrons. The van der Waals surface area contributed by atoms with Gasteiger partial charge in [0.15, 0.2) is 0 Å². The van der Waals surface area contributed by atoms with Crippen molar-refractivity contribution < 1.29 is 18.4 Å². The van der Waals surface area contributed by atoms with Gasteiger partial charge in [-0.05, 0) is 55.0 Å². The number of aryl methyl sites for hydroxylation is 1. The smallest absolute Gasteiger partial charge is 0.339 e. The molecule has 0 spiro atoms. The summed E-state index contributed by atoms with van der Waals surface area (Å²) < 4.78 is 23.9. The third-order valence-electron chi connectivity index (χ3n) is 4.43. The summed E-state index contributed by atoms with van der Waals surface area (Å²) in [4.78, 5) is 17.2. The highest BCUT2D eigenvalue weighted by molar-refractivity contribution is 6.04. The Kier molecular flexibility index (Phi) is 4.75. The standard InChI is InChI=1S/C22H14FN3O3/c1-13-20-18(22(27)28-12-15-4-2-14(11-24)3-5-15)10-19(25-21(20)29-26-13)16-6-8-17(23)9-7-16/h2-10H,12H2,1H3. The lowest BCUT2D eigenvalue weighted by atomic mass is 10.1. The fraction of sp³-hybridized carbons (Fsp3) is 0.0909. The second-order valence-electron chi connectivity index (χ2n) is 6.39. The highest BCUT2D eigenvalue weighted by Gasteiger charge is 2.20. The van der Waals surface area contributed by atoms with E-state index in [1.165, 1.54) is 12.1 Å². The number of carbonyl (C=O) groups is 1. The summed E-state index contributed by atoms with van der Waals surface area (Å²) in [6.45, 7) is 1.76. The molecule has 29 heavy (non-hydrogen) atoms. The van der Waals surface area contributed by atoms with Gasteiger partial charge in [0.25, 0.3) is 5.71 Å². The van der Waals surface area contributed by atoms with E-state index < -0.39 is 5.97 Å². The predicted octanol–water partition coefficient (Wildman–Crippen LogP) is 4.57. The van der Waals surface area contributed by atoms with Crippen molar-refractivity contribution in [3.05, 3.63) is 82.8 Å². The molecule has 0 aliphatic heterocycles. The second-order valence-corrected chi connectivity index (χ2v) is 6.39. The molecule has 2 aromatic carbocycles. The summed E-state index contributed by atoms with van der Waals surface area (Å²) in [5.41, 5.74) is 3.34. The molecule has 0 N–H and O–H groups in total. The maximum Gasteiger partial charge on any atom is 0.339 e. The quantitative estimate of drug-likeness (QED) is 0.477. The molecule has 6 nitrogen and oxygen atoms in total. The average molecular weight is 387 g/mol. The van der Waals surface area contributed by atoms with E-state index in [1.54, 1.807) is 49.4 Å². The number of benzene rings is 2. The zero-order valence-electron chi connectivity index (χ0n) is 15.3. The van der Waals surface area contributed by atoms with Gasteiger partial charge in [-0.2, -0.15) is 5.26 Å². The van der Waals surface area contributed by atoms with Crippen LogP contribution < -0.4 is 0 Å². The van der Waals surface area contributed by atoms with E-state index in [-0.39, 0.29) is 23.7 Å². The Morgan fingerprint density at radius 1 is 1.17 bits per heavy atom. The largest absolute Gasteiger partial charge is 0.457 e. The van der Waals surface area contributed by atoms with Gasteiger partial charge in [0.05, 0.1) is 34.0 Å². The first kappa shape index (κ1) is 18.3. The van der Waals surface area contributed by atoms with Crippen LogP contribution in [0.5, 0.6) is 0 Å². The minimum atomic E-state index is -0.559. The summed E-state index contributed by atoms with van der Waals surface area (Å²) in [7, 11) is 0. The number of fused-ring (bicyclic) bond motifs is 1. The number of nitriles is 1. The number of ether oxygens (including phenoxy) is 1. The zero-order chi connectivity index (χ0) is 20.4. The molecule has 4 rings (SSSR count). The van der Waals surface area contributed by atoms with E-state index in [0.717, 1.165) is 5.56 Å². The van der Waals surface area contributed by atoms with Crippen LogP contribution in [0.2, 0.25) is 0 Å². The monoisotopic (exact) mass is 387 g/mol. The first-order valence-electron chi connectivity index (χ1n) is 8.74. The number of hydrogen-bond donors (Lipinski definition) is 0. The molecular weight excluding hydrogens is 373 g/mol. The van der Waals surface area contributed by atoms with Crippen molar-refractivity contribution in [3.63, 3.8) is 0 Å². The van der Waals surface area contributed by atoms with E-state index in [2.05, 4.69) is 10.1 Å². The lowest BCUT2D eigenvalue weighted by Crippen LogP contribution is -2.07. The number of halogens is 1. The molecule has 142 valence electrons. The molecule has 7 heteroatoms. The lowest BCUT2D eigenvalue weighted by molar-refractivity contribution is 0.0475. The molecule has 0 aliphatic carbocycles. The molecule has 0 amide bonds. The van der Waals surface area contributed by atoms with E-state index in [0.29, 0.717) is 27.9 Å².